The number of nitrogens with zero attached hydrogens (tertiary/aromatic N) is 1. The van der Waals surface area contributed by atoms with Crippen molar-refractivity contribution < 1.29 is 18.7 Å². The predicted molar refractivity (Wildman–Crippen MR) is 89.3 cm³/mol. The first-order valence-electron chi connectivity index (χ1n) is 7.33. The molecular formula is C18H14ClFN2O3. The topological polar surface area (TPSA) is 79.2 Å². The minimum atomic E-state index is -0.953. The first-order valence-corrected chi connectivity index (χ1v) is 7.70. The number of nitrogens with one attached hydrogen (secondary N) is 1. The van der Waals surface area contributed by atoms with Gasteiger partial charge in [0.1, 0.15) is 18.5 Å². The number of hydrogen-bond acceptors (Lipinski definition) is 4. The number of nitriles is 1. The van der Waals surface area contributed by atoms with E-state index in [1.807, 2.05) is 6.07 Å². The van der Waals surface area contributed by atoms with Crippen LogP contribution in [0.2, 0.25) is 5.02 Å². The molecule has 0 aromatic heterocycles. The van der Waals surface area contributed by atoms with Gasteiger partial charge >= 0.3 is 5.97 Å². The molecule has 128 valence electrons. The lowest BCUT2D eigenvalue weighted by atomic mass is 10.1. The van der Waals surface area contributed by atoms with E-state index in [1.54, 1.807) is 18.2 Å². The molecule has 0 bridgehead atoms. The molecule has 25 heavy (non-hydrogen) atoms. The summed E-state index contributed by atoms with van der Waals surface area (Å²) in [6.07, 6.45) is 0. The number of halogens is 2. The Morgan fingerprint density at radius 1 is 1.32 bits per heavy atom. The van der Waals surface area contributed by atoms with E-state index < -0.39 is 23.7 Å². The van der Waals surface area contributed by atoms with E-state index in [9.17, 15) is 14.0 Å². The lowest BCUT2D eigenvalue weighted by Crippen LogP contribution is -2.39. The Labute approximate surface area is 149 Å². The van der Waals surface area contributed by atoms with Crippen LogP contribution in [-0.4, -0.2) is 17.9 Å². The molecule has 0 unspecified atom stereocenters. The number of esters is 1. The van der Waals surface area contributed by atoms with Crippen LogP contribution in [0, 0.1) is 17.1 Å². The van der Waals surface area contributed by atoms with Crippen LogP contribution in [0.3, 0.4) is 0 Å². The van der Waals surface area contributed by atoms with E-state index in [0.29, 0.717) is 0 Å². The molecule has 7 heteroatoms. The second kappa shape index (κ2) is 8.27. The molecule has 0 fully saturated rings. The summed E-state index contributed by atoms with van der Waals surface area (Å²) in [7, 11) is 0. The van der Waals surface area contributed by atoms with Gasteiger partial charge in [-0.2, -0.15) is 5.26 Å². The molecule has 0 spiro atoms. The van der Waals surface area contributed by atoms with Gasteiger partial charge in [0.2, 0.25) is 0 Å². The molecule has 1 amide bonds. The third-order valence-corrected chi connectivity index (χ3v) is 3.69. The number of carbonyl (C=O) groups is 2. The highest BCUT2D eigenvalue weighted by atomic mass is 35.5. The Hall–Kier alpha value is -2.91. The highest BCUT2D eigenvalue weighted by molar-refractivity contribution is 6.33. The standard InChI is InChI=1S/C18H14ClFN2O3/c1-11(22-17(23)14-4-2-3-5-15(14)19)18(24)25-10-13-8-12(9-21)6-7-16(13)20/h2-8,11H,10H2,1H3,(H,22,23)/t11-/m0/s1. The highest BCUT2D eigenvalue weighted by Gasteiger charge is 2.19. The molecule has 5 nitrogen and oxygen atoms in total. The molecule has 0 aliphatic carbocycles. The van der Waals surface area contributed by atoms with Crippen molar-refractivity contribution in [2.75, 3.05) is 0 Å². The molecule has 1 atom stereocenters. The fourth-order valence-electron chi connectivity index (χ4n) is 2.01. The zero-order valence-electron chi connectivity index (χ0n) is 13.3. The lowest BCUT2D eigenvalue weighted by molar-refractivity contribution is -0.146. The van der Waals surface area contributed by atoms with E-state index in [0.717, 1.165) is 6.07 Å². The van der Waals surface area contributed by atoms with Crippen LogP contribution in [-0.2, 0) is 16.1 Å². The van der Waals surface area contributed by atoms with Crippen molar-refractivity contribution in [3.8, 4) is 6.07 Å². The summed E-state index contributed by atoms with van der Waals surface area (Å²) in [5, 5.41) is 11.5. The maximum atomic E-state index is 13.6. The van der Waals surface area contributed by atoms with Crippen molar-refractivity contribution in [2.24, 2.45) is 0 Å². The van der Waals surface area contributed by atoms with Crippen LogP contribution in [0.4, 0.5) is 4.39 Å². The molecular weight excluding hydrogens is 347 g/mol. The van der Waals surface area contributed by atoms with Gasteiger partial charge in [0.15, 0.2) is 0 Å². The molecule has 0 aliphatic rings. The number of hydrogen-bond donors (Lipinski definition) is 1. The van der Waals surface area contributed by atoms with Gasteiger partial charge in [-0.25, -0.2) is 9.18 Å². The second-order valence-corrected chi connectivity index (χ2v) is 5.61. The number of benzene rings is 2. The number of ether oxygens (including phenoxy) is 1. The Kier molecular flexibility index (Phi) is 6.09. The van der Waals surface area contributed by atoms with Crippen molar-refractivity contribution >= 4 is 23.5 Å². The van der Waals surface area contributed by atoms with E-state index in [-0.39, 0.29) is 28.3 Å². The summed E-state index contributed by atoms with van der Waals surface area (Å²) in [6.45, 7) is 1.10. The van der Waals surface area contributed by atoms with Gasteiger partial charge in [0.25, 0.3) is 5.91 Å². The number of rotatable bonds is 5. The van der Waals surface area contributed by atoms with Gasteiger partial charge < -0.3 is 10.1 Å². The highest BCUT2D eigenvalue weighted by Crippen LogP contribution is 2.15. The number of amides is 1. The molecule has 0 saturated heterocycles. The van der Waals surface area contributed by atoms with Crippen molar-refractivity contribution in [2.45, 2.75) is 19.6 Å². The van der Waals surface area contributed by atoms with Crippen LogP contribution in [0.1, 0.15) is 28.4 Å². The molecule has 0 radical (unpaired) electrons. The molecule has 0 heterocycles. The van der Waals surface area contributed by atoms with E-state index >= 15 is 0 Å². The summed E-state index contributed by atoms with van der Waals surface area (Å²) < 4.78 is 18.6. The van der Waals surface area contributed by atoms with Crippen molar-refractivity contribution in [1.82, 2.24) is 5.32 Å². The van der Waals surface area contributed by atoms with E-state index in [2.05, 4.69) is 5.32 Å². The van der Waals surface area contributed by atoms with Gasteiger partial charge in [-0.05, 0) is 37.3 Å². The van der Waals surface area contributed by atoms with E-state index in [4.69, 9.17) is 21.6 Å². The third kappa shape index (κ3) is 4.78. The SMILES string of the molecule is C[C@H](NC(=O)c1ccccc1Cl)C(=O)OCc1cc(C#N)ccc1F. The maximum Gasteiger partial charge on any atom is 0.328 e. The van der Waals surface area contributed by atoms with Crippen LogP contribution >= 0.6 is 11.6 Å². The lowest BCUT2D eigenvalue weighted by Gasteiger charge is -2.14. The monoisotopic (exact) mass is 360 g/mol. The normalized spacial score (nSPS) is 11.3. The van der Waals surface area contributed by atoms with Crippen LogP contribution < -0.4 is 5.32 Å². The molecule has 0 aliphatic heterocycles. The molecule has 2 rings (SSSR count). The second-order valence-electron chi connectivity index (χ2n) is 5.20. The van der Waals surface area contributed by atoms with Crippen LogP contribution in [0.5, 0.6) is 0 Å². The summed E-state index contributed by atoms with van der Waals surface area (Å²) in [5.74, 6) is -1.84. The first-order chi connectivity index (χ1) is 11.9. The summed E-state index contributed by atoms with van der Waals surface area (Å²) in [6, 6.07) is 11.1. The smallest absolute Gasteiger partial charge is 0.328 e. The Morgan fingerprint density at radius 2 is 2.04 bits per heavy atom. The van der Waals surface area contributed by atoms with Crippen LogP contribution in [0.25, 0.3) is 0 Å². The van der Waals surface area contributed by atoms with Gasteiger partial charge in [-0.3, -0.25) is 4.79 Å². The Morgan fingerprint density at radius 3 is 2.72 bits per heavy atom. The Bertz CT molecular complexity index is 848. The number of carbonyl (C=O) groups excluding carboxylic acids is 2. The molecule has 2 aromatic carbocycles. The fraction of sp³-hybridized carbons (Fsp3) is 0.167. The van der Waals surface area contributed by atoms with Gasteiger partial charge in [0, 0.05) is 5.56 Å². The average molecular weight is 361 g/mol. The van der Waals surface area contributed by atoms with Crippen LogP contribution in [0.15, 0.2) is 42.5 Å². The van der Waals surface area contributed by atoms with E-state index in [1.165, 1.54) is 25.1 Å². The van der Waals surface area contributed by atoms with Crippen molar-refractivity contribution in [3.05, 3.63) is 70.0 Å². The largest absolute Gasteiger partial charge is 0.459 e. The minimum Gasteiger partial charge on any atom is -0.459 e. The predicted octanol–water partition coefficient (Wildman–Crippen LogP) is 3.21. The Balaban J connectivity index is 1.96. The zero-order chi connectivity index (χ0) is 18.4. The average Bonchev–Trinajstić information content (AvgIpc) is 2.60. The molecule has 2 aromatic rings. The maximum absolute atomic E-state index is 13.6. The summed E-state index contributed by atoms with van der Waals surface area (Å²) >= 11 is 5.92. The molecule has 1 N–H and O–H groups in total. The first kappa shape index (κ1) is 18.4. The van der Waals surface area contributed by atoms with Gasteiger partial charge in [0.05, 0.1) is 22.2 Å². The summed E-state index contributed by atoms with van der Waals surface area (Å²) in [4.78, 5) is 24.1. The quantitative estimate of drug-likeness (QED) is 0.830. The fourth-order valence-corrected chi connectivity index (χ4v) is 2.23. The zero-order valence-corrected chi connectivity index (χ0v) is 14.0. The summed E-state index contributed by atoms with van der Waals surface area (Å²) in [5.41, 5.74) is 0.570. The van der Waals surface area contributed by atoms with Gasteiger partial charge in [-0.1, -0.05) is 23.7 Å². The minimum absolute atomic E-state index is 0.0806. The third-order valence-electron chi connectivity index (χ3n) is 3.36. The van der Waals surface area contributed by atoms with Crippen molar-refractivity contribution in [3.63, 3.8) is 0 Å². The van der Waals surface area contributed by atoms with Gasteiger partial charge in [-0.15, -0.1) is 0 Å². The van der Waals surface area contributed by atoms with Crippen molar-refractivity contribution in [1.29, 1.82) is 5.26 Å². The molecule has 0 saturated carbocycles.